The van der Waals surface area contributed by atoms with Gasteiger partial charge in [0.15, 0.2) is 0 Å². The molecular formula is C18H20F3N3OS. The fraction of sp³-hybridized carbons (Fsp3) is 0.444. The van der Waals surface area contributed by atoms with E-state index in [0.717, 1.165) is 49.5 Å². The van der Waals surface area contributed by atoms with E-state index < -0.39 is 11.7 Å². The average molecular weight is 383 g/mol. The molecule has 1 fully saturated rings. The first-order valence-corrected chi connectivity index (χ1v) is 9.44. The largest absolute Gasteiger partial charge is 0.416 e. The molecular weight excluding hydrogens is 363 g/mol. The van der Waals surface area contributed by atoms with Crippen LogP contribution in [0.1, 0.15) is 36.0 Å². The molecule has 1 amide bonds. The van der Waals surface area contributed by atoms with Crippen LogP contribution in [0.2, 0.25) is 0 Å². The molecule has 1 saturated heterocycles. The van der Waals surface area contributed by atoms with Crippen LogP contribution in [-0.2, 0) is 23.8 Å². The Morgan fingerprint density at radius 1 is 1.31 bits per heavy atom. The van der Waals surface area contributed by atoms with Crippen molar-refractivity contribution >= 4 is 28.6 Å². The predicted molar refractivity (Wildman–Crippen MR) is 96.7 cm³/mol. The summed E-state index contributed by atoms with van der Waals surface area (Å²) in [5, 5.41) is 5.41. The molecule has 1 aliphatic heterocycles. The smallest absolute Gasteiger partial charge is 0.370 e. The van der Waals surface area contributed by atoms with Crippen LogP contribution in [0.15, 0.2) is 23.6 Å². The number of carbonyl (C=O) groups excluding carboxylic acids is 1. The molecule has 0 aliphatic carbocycles. The van der Waals surface area contributed by atoms with Gasteiger partial charge in [0, 0.05) is 18.5 Å². The lowest BCUT2D eigenvalue weighted by Crippen LogP contribution is -2.22. The van der Waals surface area contributed by atoms with Crippen molar-refractivity contribution in [3.63, 3.8) is 0 Å². The predicted octanol–water partition coefficient (Wildman–Crippen LogP) is 4.51. The molecule has 2 aromatic rings. The summed E-state index contributed by atoms with van der Waals surface area (Å²) < 4.78 is 39.2. The maximum Gasteiger partial charge on any atom is 0.416 e. The average Bonchev–Trinajstić information content (AvgIpc) is 3.25. The van der Waals surface area contributed by atoms with E-state index in [1.807, 2.05) is 17.2 Å². The van der Waals surface area contributed by atoms with Crippen molar-refractivity contribution in [1.82, 2.24) is 4.98 Å². The van der Waals surface area contributed by atoms with E-state index >= 15 is 0 Å². The second-order valence-corrected chi connectivity index (χ2v) is 7.18. The first-order valence-electron chi connectivity index (χ1n) is 8.56. The van der Waals surface area contributed by atoms with E-state index in [9.17, 15) is 18.0 Å². The van der Waals surface area contributed by atoms with Crippen molar-refractivity contribution in [1.29, 1.82) is 0 Å². The van der Waals surface area contributed by atoms with Gasteiger partial charge >= 0.3 is 6.18 Å². The molecule has 0 saturated carbocycles. The number of carbonyl (C=O) groups is 1. The number of amides is 1. The van der Waals surface area contributed by atoms with Gasteiger partial charge in [0.05, 0.1) is 34.1 Å². The van der Waals surface area contributed by atoms with E-state index in [4.69, 9.17) is 0 Å². The van der Waals surface area contributed by atoms with Crippen molar-refractivity contribution in [3.05, 3.63) is 39.8 Å². The highest BCUT2D eigenvalue weighted by Gasteiger charge is 2.32. The van der Waals surface area contributed by atoms with Gasteiger partial charge in [0.2, 0.25) is 5.91 Å². The molecule has 1 aromatic heterocycles. The number of aryl methyl sites for hydroxylation is 1. The summed E-state index contributed by atoms with van der Waals surface area (Å²) in [5.74, 6) is -0.363. The second-order valence-electron chi connectivity index (χ2n) is 6.23. The zero-order chi connectivity index (χ0) is 18.7. The topological polar surface area (TPSA) is 45.2 Å². The third-order valence-electron chi connectivity index (χ3n) is 4.29. The summed E-state index contributed by atoms with van der Waals surface area (Å²) in [6.45, 7) is 3.54. The Bertz CT molecular complexity index is 782. The third kappa shape index (κ3) is 4.35. The van der Waals surface area contributed by atoms with Gasteiger partial charge in [-0.1, -0.05) is 6.92 Å². The first-order chi connectivity index (χ1) is 12.4. The van der Waals surface area contributed by atoms with E-state index in [1.54, 1.807) is 0 Å². The molecule has 0 spiro atoms. The fourth-order valence-corrected chi connectivity index (χ4v) is 3.74. The molecule has 0 unspecified atom stereocenters. The summed E-state index contributed by atoms with van der Waals surface area (Å²) in [7, 11) is 0. The zero-order valence-electron chi connectivity index (χ0n) is 14.4. The van der Waals surface area contributed by atoms with Crippen LogP contribution in [-0.4, -0.2) is 24.0 Å². The maximum absolute atomic E-state index is 13.1. The number of alkyl halides is 3. The Kier molecular flexibility index (Phi) is 5.50. The van der Waals surface area contributed by atoms with Gasteiger partial charge in [-0.2, -0.15) is 13.2 Å². The Balaban J connectivity index is 1.82. The van der Waals surface area contributed by atoms with Crippen molar-refractivity contribution in [2.45, 2.75) is 38.8 Å². The SMILES string of the molecule is CCc1nc(CC(=O)Nc2cc(C(F)(F)F)ccc2N2CCCC2)cs1. The van der Waals surface area contributed by atoms with Gasteiger partial charge in [-0.15, -0.1) is 11.3 Å². The zero-order valence-corrected chi connectivity index (χ0v) is 15.2. The number of benzene rings is 1. The number of thiazole rings is 1. The molecule has 0 bridgehead atoms. The molecule has 0 radical (unpaired) electrons. The minimum atomic E-state index is -4.45. The Labute approximate surface area is 154 Å². The molecule has 2 heterocycles. The molecule has 4 nitrogen and oxygen atoms in total. The lowest BCUT2D eigenvalue weighted by molar-refractivity contribution is -0.137. The minimum absolute atomic E-state index is 0.0478. The minimum Gasteiger partial charge on any atom is -0.370 e. The van der Waals surface area contributed by atoms with Gasteiger partial charge in [-0.3, -0.25) is 4.79 Å². The number of anilines is 2. The van der Waals surface area contributed by atoms with Gasteiger partial charge in [-0.05, 0) is 37.5 Å². The van der Waals surface area contributed by atoms with Crippen LogP contribution < -0.4 is 10.2 Å². The van der Waals surface area contributed by atoms with Crippen molar-refractivity contribution in [2.75, 3.05) is 23.3 Å². The quantitative estimate of drug-likeness (QED) is 0.827. The second kappa shape index (κ2) is 7.65. The van der Waals surface area contributed by atoms with E-state index in [-0.39, 0.29) is 18.0 Å². The number of nitrogens with zero attached hydrogens (tertiary/aromatic N) is 2. The van der Waals surface area contributed by atoms with Crippen LogP contribution in [0, 0.1) is 0 Å². The van der Waals surface area contributed by atoms with E-state index in [2.05, 4.69) is 10.3 Å². The summed E-state index contributed by atoms with van der Waals surface area (Å²) >= 11 is 1.48. The van der Waals surface area contributed by atoms with Gasteiger partial charge in [0.1, 0.15) is 0 Å². The normalized spacial score (nSPS) is 14.7. The van der Waals surface area contributed by atoms with Gasteiger partial charge < -0.3 is 10.2 Å². The van der Waals surface area contributed by atoms with Crippen molar-refractivity contribution < 1.29 is 18.0 Å². The highest BCUT2D eigenvalue weighted by molar-refractivity contribution is 7.09. The maximum atomic E-state index is 13.1. The lowest BCUT2D eigenvalue weighted by atomic mass is 10.1. The third-order valence-corrected chi connectivity index (χ3v) is 5.33. The number of aromatic nitrogens is 1. The molecule has 3 rings (SSSR count). The van der Waals surface area contributed by atoms with Crippen molar-refractivity contribution in [2.24, 2.45) is 0 Å². The summed E-state index contributed by atoms with van der Waals surface area (Å²) in [6, 6.07) is 3.53. The number of hydrogen-bond acceptors (Lipinski definition) is 4. The van der Waals surface area contributed by atoms with Crippen LogP contribution in [0.4, 0.5) is 24.5 Å². The van der Waals surface area contributed by atoms with Crippen LogP contribution in [0.3, 0.4) is 0 Å². The molecule has 1 N–H and O–H groups in total. The number of halogens is 3. The van der Waals surface area contributed by atoms with Crippen molar-refractivity contribution in [3.8, 4) is 0 Å². The Hall–Kier alpha value is -2.09. The first kappa shape index (κ1) is 18.7. The van der Waals surface area contributed by atoms with Crippen LogP contribution >= 0.6 is 11.3 Å². The molecule has 140 valence electrons. The van der Waals surface area contributed by atoms with E-state index in [0.29, 0.717) is 11.4 Å². The highest BCUT2D eigenvalue weighted by atomic mass is 32.1. The molecule has 1 aromatic carbocycles. The van der Waals surface area contributed by atoms with Crippen LogP contribution in [0.25, 0.3) is 0 Å². The molecule has 1 aliphatic rings. The van der Waals surface area contributed by atoms with Crippen LogP contribution in [0.5, 0.6) is 0 Å². The highest BCUT2D eigenvalue weighted by Crippen LogP contribution is 2.36. The summed E-state index contributed by atoms with van der Waals surface area (Å²) in [5.41, 5.74) is 0.714. The number of rotatable bonds is 5. The van der Waals surface area contributed by atoms with E-state index in [1.165, 1.54) is 17.4 Å². The number of hydrogen-bond donors (Lipinski definition) is 1. The summed E-state index contributed by atoms with van der Waals surface area (Å²) in [4.78, 5) is 18.7. The standard InChI is InChI=1S/C18H20F3N3OS/c1-2-17-22-13(11-26-17)10-16(25)23-14-9-12(18(19,20)21)5-6-15(14)24-7-3-4-8-24/h5-6,9,11H,2-4,7-8,10H2,1H3,(H,23,25). The Morgan fingerprint density at radius 2 is 2.04 bits per heavy atom. The monoisotopic (exact) mass is 383 g/mol. The lowest BCUT2D eigenvalue weighted by Gasteiger charge is -2.23. The molecule has 8 heteroatoms. The van der Waals surface area contributed by atoms with Gasteiger partial charge in [0.25, 0.3) is 0 Å². The molecule has 26 heavy (non-hydrogen) atoms. The number of nitrogens with one attached hydrogen (secondary N) is 1. The summed E-state index contributed by atoms with van der Waals surface area (Å²) in [6.07, 6.45) is -1.63. The fourth-order valence-electron chi connectivity index (χ4n) is 3.00. The Morgan fingerprint density at radius 3 is 2.65 bits per heavy atom. The molecule has 0 atom stereocenters. The van der Waals surface area contributed by atoms with Gasteiger partial charge in [-0.25, -0.2) is 4.98 Å².